The summed E-state index contributed by atoms with van der Waals surface area (Å²) in [5.74, 6) is 0.185. The third kappa shape index (κ3) is 2.20. The maximum Gasteiger partial charge on any atom is 0.351 e. The highest BCUT2D eigenvalue weighted by Gasteiger charge is 2.34. The van der Waals surface area contributed by atoms with E-state index in [1.54, 1.807) is 0 Å². The fourth-order valence-corrected chi connectivity index (χ4v) is 2.46. The first-order valence-corrected chi connectivity index (χ1v) is 6.38. The molecule has 1 saturated heterocycles. The lowest BCUT2D eigenvalue weighted by molar-refractivity contribution is -0.00600. The zero-order chi connectivity index (χ0) is 11.7. The molecule has 16 heavy (non-hydrogen) atoms. The molecule has 3 atom stereocenters. The molecule has 0 aromatic carbocycles. The van der Waals surface area contributed by atoms with Gasteiger partial charge in [-0.15, -0.1) is 0 Å². The van der Waals surface area contributed by atoms with Gasteiger partial charge in [0.1, 0.15) is 12.0 Å². The molecule has 1 unspecified atom stereocenters. The molecule has 88 valence electrons. The van der Waals surface area contributed by atoms with Gasteiger partial charge in [-0.05, 0) is 6.07 Å². The fourth-order valence-electron chi connectivity index (χ4n) is 1.67. The van der Waals surface area contributed by atoms with Gasteiger partial charge in [-0.2, -0.15) is 4.98 Å². The van der Waals surface area contributed by atoms with Gasteiger partial charge in [-0.25, -0.2) is 4.79 Å². The molecule has 7 heteroatoms. The summed E-state index contributed by atoms with van der Waals surface area (Å²) >= 11 is 2.14. The zero-order valence-corrected chi connectivity index (χ0v) is 10.6. The first-order valence-electron chi connectivity index (χ1n) is 4.86. The predicted octanol–water partition coefficient (Wildman–Crippen LogP) is -0.0911. The summed E-state index contributed by atoms with van der Waals surface area (Å²) in [4.78, 5) is 15.2. The van der Waals surface area contributed by atoms with Gasteiger partial charge in [0.25, 0.3) is 0 Å². The molecule has 1 fully saturated rings. The number of hydrogen-bond acceptors (Lipinski definition) is 5. The number of rotatable bonds is 2. The average molecular weight is 337 g/mol. The molecule has 0 spiro atoms. The van der Waals surface area contributed by atoms with Gasteiger partial charge in [0.2, 0.25) is 0 Å². The molecule has 0 saturated carbocycles. The van der Waals surface area contributed by atoms with Crippen molar-refractivity contribution in [2.75, 3.05) is 10.2 Å². The van der Waals surface area contributed by atoms with E-state index in [-0.39, 0.29) is 11.9 Å². The van der Waals surface area contributed by atoms with Crippen LogP contribution >= 0.6 is 22.6 Å². The quantitative estimate of drug-likeness (QED) is 0.581. The van der Waals surface area contributed by atoms with E-state index in [1.165, 1.54) is 16.8 Å². The van der Waals surface area contributed by atoms with Crippen molar-refractivity contribution >= 4 is 28.4 Å². The first-order chi connectivity index (χ1) is 7.61. The van der Waals surface area contributed by atoms with E-state index in [9.17, 15) is 9.90 Å². The highest BCUT2D eigenvalue weighted by Crippen LogP contribution is 2.28. The van der Waals surface area contributed by atoms with E-state index >= 15 is 0 Å². The third-order valence-electron chi connectivity index (χ3n) is 2.52. The van der Waals surface area contributed by atoms with Crippen molar-refractivity contribution in [3.63, 3.8) is 0 Å². The molecule has 0 amide bonds. The number of aliphatic hydroxyl groups is 1. The Labute approximate surface area is 106 Å². The summed E-state index contributed by atoms with van der Waals surface area (Å²) < 4.78 is 7.59. The molecule has 3 N–H and O–H groups in total. The van der Waals surface area contributed by atoms with Gasteiger partial charge in [-0.3, -0.25) is 4.57 Å². The highest BCUT2D eigenvalue weighted by molar-refractivity contribution is 14.1. The third-order valence-corrected chi connectivity index (χ3v) is 3.39. The molecular formula is C9H12IN3O3. The Balaban J connectivity index is 2.23. The molecule has 0 radical (unpaired) electrons. The average Bonchev–Trinajstić information content (AvgIpc) is 2.59. The topological polar surface area (TPSA) is 90.4 Å². The minimum absolute atomic E-state index is 0.185. The van der Waals surface area contributed by atoms with E-state index in [0.717, 1.165) is 0 Å². The summed E-state index contributed by atoms with van der Waals surface area (Å²) in [5.41, 5.74) is 4.94. The Hall–Kier alpha value is -0.670. The molecule has 0 bridgehead atoms. The lowest BCUT2D eigenvalue weighted by Gasteiger charge is -2.13. The van der Waals surface area contributed by atoms with Crippen molar-refractivity contribution in [3.8, 4) is 0 Å². The number of nitrogens with zero attached hydrogens (tertiary/aromatic N) is 2. The summed E-state index contributed by atoms with van der Waals surface area (Å²) in [5, 5.41) is 9.68. The van der Waals surface area contributed by atoms with Crippen LogP contribution in [0, 0.1) is 0 Å². The van der Waals surface area contributed by atoms with Crippen LogP contribution in [0.15, 0.2) is 17.1 Å². The van der Waals surface area contributed by atoms with Crippen LogP contribution in [-0.4, -0.2) is 31.3 Å². The second-order valence-electron chi connectivity index (χ2n) is 3.63. The Morgan fingerprint density at radius 1 is 1.75 bits per heavy atom. The number of nitrogen functional groups attached to an aromatic ring is 1. The Kier molecular flexibility index (Phi) is 3.45. The number of ether oxygens (including phenoxy) is 1. The number of anilines is 1. The number of nitrogens with two attached hydrogens (primary N) is 1. The number of aromatic nitrogens is 2. The Morgan fingerprint density at radius 2 is 2.50 bits per heavy atom. The highest BCUT2D eigenvalue weighted by atomic mass is 127. The summed E-state index contributed by atoms with van der Waals surface area (Å²) in [7, 11) is 0. The van der Waals surface area contributed by atoms with Crippen molar-refractivity contribution in [2.45, 2.75) is 24.9 Å². The largest absolute Gasteiger partial charge is 0.390 e. The van der Waals surface area contributed by atoms with E-state index in [4.69, 9.17) is 10.5 Å². The van der Waals surface area contributed by atoms with Crippen LogP contribution in [0.4, 0.5) is 5.82 Å². The molecule has 2 heterocycles. The lowest BCUT2D eigenvalue weighted by atomic mass is 10.2. The predicted molar refractivity (Wildman–Crippen MR) is 66.3 cm³/mol. The van der Waals surface area contributed by atoms with Gasteiger partial charge in [-0.1, -0.05) is 22.6 Å². The van der Waals surface area contributed by atoms with Crippen LogP contribution in [0.5, 0.6) is 0 Å². The summed E-state index contributed by atoms with van der Waals surface area (Å²) in [6.07, 6.45) is 0.730. The van der Waals surface area contributed by atoms with Crippen molar-refractivity contribution in [2.24, 2.45) is 0 Å². The van der Waals surface area contributed by atoms with Crippen LogP contribution in [-0.2, 0) is 4.74 Å². The minimum atomic E-state index is -0.536. The molecule has 1 aliphatic heterocycles. The van der Waals surface area contributed by atoms with Crippen molar-refractivity contribution < 1.29 is 9.84 Å². The molecule has 1 aliphatic rings. The molecule has 6 nitrogen and oxygen atoms in total. The van der Waals surface area contributed by atoms with Crippen LogP contribution in [0.1, 0.15) is 12.6 Å². The number of alkyl halides is 1. The first kappa shape index (κ1) is 11.8. The Morgan fingerprint density at radius 3 is 3.06 bits per heavy atom. The van der Waals surface area contributed by atoms with Crippen LogP contribution in [0.3, 0.4) is 0 Å². The zero-order valence-electron chi connectivity index (χ0n) is 8.41. The smallest absolute Gasteiger partial charge is 0.351 e. The second kappa shape index (κ2) is 4.68. The van der Waals surface area contributed by atoms with Gasteiger partial charge < -0.3 is 15.6 Å². The summed E-state index contributed by atoms with van der Waals surface area (Å²) in [6.45, 7) is 0. The second-order valence-corrected chi connectivity index (χ2v) is 4.51. The normalized spacial score (nSPS) is 29.5. The molecule has 1 aromatic heterocycles. The number of hydrogen-bond donors (Lipinski definition) is 2. The van der Waals surface area contributed by atoms with Gasteiger partial charge in [0, 0.05) is 17.0 Å². The number of halogens is 1. The Bertz CT molecular complexity index is 436. The molecule has 0 aliphatic carbocycles. The van der Waals surface area contributed by atoms with Crippen LogP contribution in [0.25, 0.3) is 0 Å². The van der Waals surface area contributed by atoms with E-state index in [1.807, 2.05) is 0 Å². The van der Waals surface area contributed by atoms with Gasteiger partial charge in [0.15, 0.2) is 0 Å². The molecular weight excluding hydrogens is 325 g/mol. The van der Waals surface area contributed by atoms with E-state index < -0.39 is 18.0 Å². The fraction of sp³-hybridized carbons (Fsp3) is 0.556. The maximum absolute atomic E-state index is 11.5. The van der Waals surface area contributed by atoms with E-state index in [2.05, 4.69) is 27.6 Å². The lowest BCUT2D eigenvalue weighted by Crippen LogP contribution is -2.27. The molecule has 2 rings (SSSR count). The van der Waals surface area contributed by atoms with Crippen LogP contribution < -0.4 is 11.4 Å². The van der Waals surface area contributed by atoms with Crippen molar-refractivity contribution in [3.05, 3.63) is 22.7 Å². The van der Waals surface area contributed by atoms with E-state index in [0.29, 0.717) is 10.8 Å². The monoisotopic (exact) mass is 337 g/mol. The van der Waals surface area contributed by atoms with Crippen molar-refractivity contribution in [1.29, 1.82) is 0 Å². The van der Waals surface area contributed by atoms with Crippen molar-refractivity contribution in [1.82, 2.24) is 9.55 Å². The maximum atomic E-state index is 11.5. The van der Waals surface area contributed by atoms with Gasteiger partial charge in [0.05, 0.1) is 12.2 Å². The molecule has 1 aromatic rings. The van der Waals surface area contributed by atoms with Gasteiger partial charge >= 0.3 is 5.69 Å². The summed E-state index contributed by atoms with van der Waals surface area (Å²) in [6, 6.07) is 1.54. The number of aliphatic hydroxyl groups excluding tert-OH is 1. The minimum Gasteiger partial charge on any atom is -0.390 e. The van der Waals surface area contributed by atoms with Crippen LogP contribution in [0.2, 0.25) is 0 Å². The standard InChI is InChI=1S/C9H12IN3O3/c10-4-6-5(14)3-8(16-6)13-2-1-7(11)12-9(13)15/h1-2,5-6,8,14H,3-4H2,(H2,11,12,15)/t5?,6-,8-/m1/s1. The SMILES string of the molecule is Nc1ccn([C@H]2CC(O)[C@@H](CI)O2)c(=O)n1.